The number of nitrogen functional groups attached to an aromatic ring is 1. The van der Waals surface area contributed by atoms with E-state index in [1.54, 1.807) is 6.07 Å². The third-order valence-electron chi connectivity index (χ3n) is 2.92. The number of anilines is 2. The van der Waals surface area contributed by atoms with Gasteiger partial charge in [-0.2, -0.15) is 0 Å². The molecule has 0 saturated heterocycles. The Bertz CT molecular complexity index is 685. The van der Waals surface area contributed by atoms with Crippen LogP contribution in [-0.4, -0.2) is 15.0 Å². The lowest BCUT2D eigenvalue weighted by atomic mass is 10.1. The zero-order valence-corrected chi connectivity index (χ0v) is 11.7. The first-order chi connectivity index (χ1) is 9.47. The molecule has 0 spiro atoms. The molecule has 0 fully saturated rings. The van der Waals surface area contributed by atoms with Crippen molar-refractivity contribution in [2.24, 2.45) is 5.14 Å². The summed E-state index contributed by atoms with van der Waals surface area (Å²) in [7, 11) is -3.71. The molecule has 20 heavy (non-hydrogen) atoms. The number of nitrogens with two attached hydrogens (primary N) is 2. The van der Waals surface area contributed by atoms with Gasteiger partial charge in [0.05, 0.1) is 16.3 Å². The Hall–Kier alpha value is -2.05. The molecule has 0 saturated carbocycles. The molecule has 0 aliphatic rings. The molecule has 0 atom stereocenters. The van der Waals surface area contributed by atoms with Crippen LogP contribution >= 0.6 is 0 Å². The van der Waals surface area contributed by atoms with E-state index in [9.17, 15) is 8.42 Å². The third-order valence-corrected chi connectivity index (χ3v) is 3.83. The molecule has 2 aromatic carbocycles. The molecular formula is C14H17N3O2S. The Kier molecular flexibility index (Phi) is 4.26. The average Bonchev–Trinajstić information content (AvgIpc) is 2.40. The Morgan fingerprint density at radius 3 is 2.35 bits per heavy atom. The van der Waals surface area contributed by atoms with Gasteiger partial charge >= 0.3 is 0 Å². The lowest BCUT2D eigenvalue weighted by molar-refractivity contribution is 0.598. The summed E-state index contributed by atoms with van der Waals surface area (Å²) in [6.07, 6.45) is 0.858. The van der Waals surface area contributed by atoms with Gasteiger partial charge in [0.25, 0.3) is 0 Å². The van der Waals surface area contributed by atoms with Gasteiger partial charge in [-0.3, -0.25) is 0 Å². The van der Waals surface area contributed by atoms with E-state index in [0.29, 0.717) is 17.9 Å². The first-order valence-corrected chi connectivity index (χ1v) is 7.71. The molecule has 0 aliphatic carbocycles. The second kappa shape index (κ2) is 5.94. The van der Waals surface area contributed by atoms with Crippen molar-refractivity contribution in [2.45, 2.75) is 11.3 Å². The van der Waals surface area contributed by atoms with Crippen LogP contribution < -0.4 is 16.2 Å². The van der Waals surface area contributed by atoms with Crippen LogP contribution in [0.3, 0.4) is 0 Å². The van der Waals surface area contributed by atoms with E-state index in [0.717, 1.165) is 6.42 Å². The first kappa shape index (κ1) is 14.4. The Labute approximate surface area is 118 Å². The van der Waals surface area contributed by atoms with Crippen LogP contribution in [0.4, 0.5) is 11.4 Å². The molecule has 6 heteroatoms. The van der Waals surface area contributed by atoms with Crippen molar-refractivity contribution < 1.29 is 8.42 Å². The highest BCUT2D eigenvalue weighted by Gasteiger charge is 2.09. The molecule has 0 bridgehead atoms. The number of hydrogen-bond acceptors (Lipinski definition) is 4. The van der Waals surface area contributed by atoms with Gasteiger partial charge in [-0.25, -0.2) is 13.6 Å². The minimum Gasteiger partial charge on any atom is -0.397 e. The van der Waals surface area contributed by atoms with E-state index in [1.165, 1.54) is 17.7 Å². The van der Waals surface area contributed by atoms with Crippen molar-refractivity contribution in [3.8, 4) is 0 Å². The molecule has 2 aromatic rings. The summed E-state index contributed by atoms with van der Waals surface area (Å²) in [5, 5.41) is 8.23. The van der Waals surface area contributed by atoms with Gasteiger partial charge in [-0.05, 0) is 30.2 Å². The molecule has 0 heterocycles. The number of primary sulfonamides is 1. The van der Waals surface area contributed by atoms with Crippen molar-refractivity contribution in [3.05, 3.63) is 54.1 Å². The van der Waals surface area contributed by atoms with Crippen LogP contribution in [0.2, 0.25) is 0 Å². The fourth-order valence-electron chi connectivity index (χ4n) is 1.86. The highest BCUT2D eigenvalue weighted by molar-refractivity contribution is 7.89. The molecule has 0 aromatic heterocycles. The van der Waals surface area contributed by atoms with Gasteiger partial charge < -0.3 is 11.1 Å². The molecule has 106 valence electrons. The van der Waals surface area contributed by atoms with E-state index in [-0.39, 0.29) is 4.90 Å². The summed E-state index contributed by atoms with van der Waals surface area (Å²) >= 11 is 0. The number of sulfonamides is 1. The van der Waals surface area contributed by atoms with Crippen LogP contribution in [0.25, 0.3) is 0 Å². The second-order valence-electron chi connectivity index (χ2n) is 4.46. The molecule has 0 unspecified atom stereocenters. The van der Waals surface area contributed by atoms with Crippen LogP contribution in [0.5, 0.6) is 0 Å². The van der Waals surface area contributed by atoms with E-state index < -0.39 is 10.0 Å². The van der Waals surface area contributed by atoms with Gasteiger partial charge in [0.2, 0.25) is 10.0 Å². The summed E-state index contributed by atoms with van der Waals surface area (Å²) in [5.41, 5.74) is 8.10. The maximum atomic E-state index is 11.2. The molecule has 2 rings (SSSR count). The highest BCUT2D eigenvalue weighted by atomic mass is 32.2. The predicted molar refractivity (Wildman–Crippen MR) is 80.9 cm³/mol. The minimum absolute atomic E-state index is 0.0172. The second-order valence-corrected chi connectivity index (χ2v) is 6.02. The molecule has 5 N–H and O–H groups in total. The highest BCUT2D eigenvalue weighted by Crippen LogP contribution is 2.21. The number of benzene rings is 2. The summed E-state index contributed by atoms with van der Waals surface area (Å²) in [6, 6.07) is 14.5. The Morgan fingerprint density at radius 2 is 1.75 bits per heavy atom. The predicted octanol–water partition coefficient (Wildman–Crippen LogP) is 1.57. The van der Waals surface area contributed by atoms with Crippen molar-refractivity contribution in [3.63, 3.8) is 0 Å². The van der Waals surface area contributed by atoms with Gasteiger partial charge in [-0.1, -0.05) is 30.3 Å². The first-order valence-electron chi connectivity index (χ1n) is 6.17. The van der Waals surface area contributed by atoms with Gasteiger partial charge in [-0.15, -0.1) is 0 Å². The Morgan fingerprint density at radius 1 is 1.05 bits per heavy atom. The van der Waals surface area contributed by atoms with Gasteiger partial charge in [0, 0.05) is 6.54 Å². The van der Waals surface area contributed by atoms with Crippen molar-refractivity contribution in [1.29, 1.82) is 0 Å². The topological polar surface area (TPSA) is 98.2 Å². The van der Waals surface area contributed by atoms with Gasteiger partial charge in [0.1, 0.15) is 0 Å². The number of rotatable bonds is 5. The standard InChI is InChI=1S/C14H17N3O2S/c15-13-10-12(20(16,18)19)6-7-14(13)17-9-8-11-4-2-1-3-5-11/h1-7,10,17H,8-9,15H2,(H2,16,18,19). The zero-order valence-electron chi connectivity index (χ0n) is 10.9. The van der Waals surface area contributed by atoms with Gasteiger partial charge in [0.15, 0.2) is 0 Å². The van der Waals surface area contributed by atoms with Crippen molar-refractivity contribution in [1.82, 2.24) is 0 Å². The minimum atomic E-state index is -3.71. The lowest BCUT2D eigenvalue weighted by Crippen LogP contribution is -2.13. The van der Waals surface area contributed by atoms with E-state index in [4.69, 9.17) is 10.9 Å². The molecular weight excluding hydrogens is 274 g/mol. The van der Waals surface area contributed by atoms with Crippen molar-refractivity contribution in [2.75, 3.05) is 17.6 Å². The summed E-state index contributed by atoms with van der Waals surface area (Å²) in [6.45, 7) is 0.711. The fraction of sp³-hybridized carbons (Fsp3) is 0.143. The molecule has 5 nitrogen and oxygen atoms in total. The summed E-state index contributed by atoms with van der Waals surface area (Å²) in [4.78, 5) is 0.0172. The molecule has 0 amide bonds. The number of hydrogen-bond donors (Lipinski definition) is 3. The Balaban J connectivity index is 2.00. The maximum absolute atomic E-state index is 11.2. The van der Waals surface area contributed by atoms with Crippen LogP contribution in [-0.2, 0) is 16.4 Å². The lowest BCUT2D eigenvalue weighted by Gasteiger charge is -2.10. The third kappa shape index (κ3) is 3.72. The quantitative estimate of drug-likeness (QED) is 0.728. The molecule has 0 radical (unpaired) electrons. The van der Waals surface area contributed by atoms with E-state index in [1.807, 2.05) is 18.2 Å². The SMILES string of the molecule is Nc1cc(S(N)(=O)=O)ccc1NCCc1ccccc1. The number of nitrogens with one attached hydrogen (secondary N) is 1. The normalized spacial score (nSPS) is 11.2. The van der Waals surface area contributed by atoms with Crippen molar-refractivity contribution >= 4 is 21.4 Å². The summed E-state index contributed by atoms with van der Waals surface area (Å²) < 4.78 is 22.4. The van der Waals surface area contributed by atoms with Crippen LogP contribution in [0, 0.1) is 0 Å². The average molecular weight is 291 g/mol. The monoisotopic (exact) mass is 291 g/mol. The van der Waals surface area contributed by atoms with Crippen LogP contribution in [0.1, 0.15) is 5.56 Å². The maximum Gasteiger partial charge on any atom is 0.238 e. The van der Waals surface area contributed by atoms with E-state index >= 15 is 0 Å². The fourth-order valence-corrected chi connectivity index (χ4v) is 2.41. The van der Waals surface area contributed by atoms with Crippen LogP contribution in [0.15, 0.2) is 53.4 Å². The van der Waals surface area contributed by atoms with E-state index in [2.05, 4.69) is 17.4 Å². The molecule has 0 aliphatic heterocycles. The smallest absolute Gasteiger partial charge is 0.238 e. The summed E-state index contributed by atoms with van der Waals surface area (Å²) in [5.74, 6) is 0. The zero-order chi connectivity index (χ0) is 14.6. The largest absolute Gasteiger partial charge is 0.397 e.